The third-order valence-electron chi connectivity index (χ3n) is 5.13. The molecule has 1 saturated carbocycles. The summed E-state index contributed by atoms with van der Waals surface area (Å²) in [4.78, 5) is 13.4. The van der Waals surface area contributed by atoms with Gasteiger partial charge in [-0.2, -0.15) is 0 Å². The van der Waals surface area contributed by atoms with Gasteiger partial charge in [-0.15, -0.1) is 5.10 Å². The van der Waals surface area contributed by atoms with Gasteiger partial charge in [-0.1, -0.05) is 31.9 Å². The Morgan fingerprint density at radius 1 is 1.39 bits per heavy atom. The lowest BCUT2D eigenvalue weighted by Gasteiger charge is -2.16. The van der Waals surface area contributed by atoms with Crippen LogP contribution in [0.15, 0.2) is 27.8 Å². The molecule has 1 atom stereocenters. The van der Waals surface area contributed by atoms with E-state index in [1.54, 1.807) is 22.8 Å². The van der Waals surface area contributed by atoms with Crippen LogP contribution < -0.4 is 10.2 Å². The second-order valence-electron chi connectivity index (χ2n) is 6.97. The van der Waals surface area contributed by atoms with Crippen molar-refractivity contribution in [3.63, 3.8) is 0 Å². The van der Waals surface area contributed by atoms with Gasteiger partial charge in [0.2, 0.25) is 6.23 Å². The van der Waals surface area contributed by atoms with E-state index in [-0.39, 0.29) is 16.3 Å². The Hall–Kier alpha value is -1.32. The molecule has 9 heteroatoms. The van der Waals surface area contributed by atoms with E-state index in [0.29, 0.717) is 22.8 Å². The molecule has 0 spiro atoms. The van der Waals surface area contributed by atoms with Crippen molar-refractivity contribution in [2.24, 2.45) is 5.10 Å². The minimum Gasteiger partial charge on any atom is -0.496 e. The predicted octanol–water partition coefficient (Wildman–Crippen LogP) is 4.80. The van der Waals surface area contributed by atoms with Gasteiger partial charge in [0.25, 0.3) is 5.90 Å². The predicted molar refractivity (Wildman–Crippen MR) is 118 cm³/mol. The first-order valence-corrected chi connectivity index (χ1v) is 11.0. The summed E-state index contributed by atoms with van der Waals surface area (Å²) in [7, 11) is 1.56. The number of hydrogen-bond donors (Lipinski definition) is 1. The Labute approximate surface area is 188 Å². The van der Waals surface area contributed by atoms with Gasteiger partial charge in [0.05, 0.1) is 33.1 Å². The lowest BCUT2D eigenvalue weighted by atomic mass is 9.99. The number of benzene rings is 1. The maximum Gasteiger partial charge on any atom is 0.258 e. The van der Waals surface area contributed by atoms with E-state index < -0.39 is 0 Å². The summed E-state index contributed by atoms with van der Waals surface area (Å²) >= 11 is 10.7. The molecule has 0 saturated heterocycles. The van der Waals surface area contributed by atoms with E-state index in [4.69, 9.17) is 9.47 Å². The number of alkyl halides is 1. The first-order valence-electron chi connectivity index (χ1n) is 8.72. The van der Waals surface area contributed by atoms with Crippen LogP contribution in [0.5, 0.6) is 5.75 Å². The van der Waals surface area contributed by atoms with Crippen LogP contribution in [-0.2, 0) is 4.74 Å². The van der Waals surface area contributed by atoms with Gasteiger partial charge in [0.1, 0.15) is 11.4 Å². The standard InChI is InChI=1S/C19H18Br3N3O3/c1-9-14(16(26)12-8-11(20)4-5-13(12)27-3)10(2)25(22)15(9)17-23-24-18(28-17)19(21)6-7-19/h4-5,8,18,24H,6-7H2,1-3H3. The fourth-order valence-electron chi connectivity index (χ4n) is 3.37. The molecule has 2 heterocycles. The number of carbonyl (C=O) groups excluding carboxylic acids is 1. The highest BCUT2D eigenvalue weighted by Crippen LogP contribution is 2.49. The van der Waals surface area contributed by atoms with E-state index in [2.05, 4.69) is 58.5 Å². The van der Waals surface area contributed by atoms with Crippen LogP contribution in [-0.4, -0.2) is 32.9 Å². The normalized spacial score (nSPS) is 19.6. The summed E-state index contributed by atoms with van der Waals surface area (Å²) in [6, 6.07) is 5.39. The van der Waals surface area contributed by atoms with Gasteiger partial charge in [-0.25, -0.2) is 0 Å². The third-order valence-corrected chi connectivity index (χ3v) is 7.72. The number of hydrazone groups is 1. The van der Waals surface area contributed by atoms with Crippen LogP contribution in [0.2, 0.25) is 0 Å². The lowest BCUT2D eigenvalue weighted by Crippen LogP contribution is -2.33. The quantitative estimate of drug-likeness (QED) is 0.411. The highest BCUT2D eigenvalue weighted by Gasteiger charge is 2.51. The van der Waals surface area contributed by atoms with Crippen molar-refractivity contribution in [2.75, 3.05) is 7.11 Å². The smallest absolute Gasteiger partial charge is 0.258 e. The molecule has 0 radical (unpaired) electrons. The number of halogens is 3. The molecular formula is C19H18Br3N3O3. The lowest BCUT2D eigenvalue weighted by molar-refractivity contribution is 0.103. The molecule has 1 aromatic carbocycles. The SMILES string of the molecule is COc1ccc(Br)cc1C(=O)c1c(C)c(C2=NNC(C3(Br)CC3)O2)n(Br)c1C. The molecule has 1 N–H and O–H groups in total. The molecule has 148 valence electrons. The van der Waals surface area contributed by atoms with Gasteiger partial charge >= 0.3 is 0 Å². The Balaban J connectivity index is 1.73. The van der Waals surface area contributed by atoms with E-state index in [1.165, 1.54) is 0 Å². The van der Waals surface area contributed by atoms with Gasteiger partial charge in [0, 0.05) is 15.7 Å². The molecule has 1 fully saturated rings. The number of carbonyl (C=O) groups is 1. The zero-order valence-electron chi connectivity index (χ0n) is 15.5. The second-order valence-corrected chi connectivity index (χ2v) is 10.2. The molecule has 1 unspecified atom stereocenters. The van der Waals surface area contributed by atoms with E-state index in [0.717, 1.165) is 34.3 Å². The molecule has 2 aromatic rings. The third kappa shape index (κ3) is 3.21. The molecule has 6 nitrogen and oxygen atoms in total. The maximum absolute atomic E-state index is 13.4. The number of nitrogens with one attached hydrogen (secondary N) is 1. The van der Waals surface area contributed by atoms with Crippen molar-refractivity contribution in [1.29, 1.82) is 0 Å². The van der Waals surface area contributed by atoms with Crippen molar-refractivity contribution in [2.45, 2.75) is 37.2 Å². The fourth-order valence-corrected chi connectivity index (χ4v) is 4.72. The summed E-state index contributed by atoms with van der Waals surface area (Å²) in [5.74, 6) is 0.880. The molecule has 1 aliphatic carbocycles. The fraction of sp³-hybridized carbons (Fsp3) is 0.368. The zero-order valence-corrected chi connectivity index (χ0v) is 20.2. The van der Waals surface area contributed by atoms with Gasteiger partial charge in [-0.05, 0) is 50.5 Å². The summed E-state index contributed by atoms with van der Waals surface area (Å²) in [6.45, 7) is 3.79. The minimum atomic E-state index is -0.214. The topological polar surface area (TPSA) is 64.8 Å². The number of rotatable bonds is 5. The summed E-state index contributed by atoms with van der Waals surface area (Å²) in [5, 5.41) is 4.37. The number of aromatic nitrogens is 1. The van der Waals surface area contributed by atoms with Crippen molar-refractivity contribution >= 4 is 59.7 Å². The number of hydrogen-bond acceptors (Lipinski definition) is 5. The van der Waals surface area contributed by atoms with Crippen molar-refractivity contribution in [3.05, 3.63) is 50.8 Å². The molecule has 2 aliphatic rings. The van der Waals surface area contributed by atoms with Crippen LogP contribution >= 0.6 is 48.0 Å². The Morgan fingerprint density at radius 2 is 2.11 bits per heavy atom. The molecule has 0 bridgehead atoms. The number of ketones is 1. The van der Waals surface area contributed by atoms with Gasteiger partial charge < -0.3 is 9.47 Å². The molecule has 28 heavy (non-hydrogen) atoms. The Kier molecular flexibility index (Phi) is 5.12. The van der Waals surface area contributed by atoms with Crippen LogP contribution in [0.1, 0.15) is 45.7 Å². The average Bonchev–Trinajstić information content (AvgIpc) is 3.14. The first-order chi connectivity index (χ1) is 13.3. The monoisotopic (exact) mass is 573 g/mol. The number of methoxy groups -OCH3 is 1. The van der Waals surface area contributed by atoms with Crippen LogP contribution in [0.25, 0.3) is 0 Å². The minimum absolute atomic E-state index is 0.0622. The van der Waals surface area contributed by atoms with E-state index in [9.17, 15) is 4.79 Å². The average molecular weight is 576 g/mol. The zero-order chi connectivity index (χ0) is 20.2. The molecular weight excluding hydrogens is 558 g/mol. The first kappa shape index (κ1) is 20.0. The largest absolute Gasteiger partial charge is 0.496 e. The van der Waals surface area contributed by atoms with Crippen molar-refractivity contribution < 1.29 is 14.3 Å². The van der Waals surface area contributed by atoms with Crippen molar-refractivity contribution in [1.82, 2.24) is 9.02 Å². The van der Waals surface area contributed by atoms with Crippen LogP contribution in [0.4, 0.5) is 0 Å². The van der Waals surface area contributed by atoms with Gasteiger partial charge in [0.15, 0.2) is 5.78 Å². The maximum atomic E-state index is 13.4. The Morgan fingerprint density at radius 3 is 2.75 bits per heavy atom. The summed E-state index contributed by atoms with van der Waals surface area (Å²) in [5.41, 5.74) is 6.43. The molecule has 1 aliphatic heterocycles. The molecule has 0 amide bonds. The van der Waals surface area contributed by atoms with Crippen LogP contribution in [0, 0.1) is 13.8 Å². The van der Waals surface area contributed by atoms with E-state index >= 15 is 0 Å². The number of nitrogens with zero attached hydrogens (tertiary/aromatic N) is 2. The summed E-state index contributed by atoms with van der Waals surface area (Å²) < 4.78 is 14.0. The highest BCUT2D eigenvalue weighted by molar-refractivity contribution is 9.10. The van der Waals surface area contributed by atoms with Gasteiger partial charge in [-0.3, -0.25) is 13.8 Å². The second kappa shape index (κ2) is 7.18. The Bertz CT molecular complexity index is 1010. The number of ether oxygens (including phenoxy) is 2. The van der Waals surface area contributed by atoms with E-state index in [1.807, 2.05) is 19.9 Å². The highest BCUT2D eigenvalue weighted by atomic mass is 79.9. The van der Waals surface area contributed by atoms with Crippen LogP contribution in [0.3, 0.4) is 0 Å². The molecule has 4 rings (SSSR count). The molecule has 1 aromatic heterocycles. The summed E-state index contributed by atoms with van der Waals surface area (Å²) in [6.07, 6.45) is 1.86. The van der Waals surface area contributed by atoms with Crippen molar-refractivity contribution in [3.8, 4) is 5.75 Å².